The first-order valence-corrected chi connectivity index (χ1v) is 4.97. The van der Waals surface area contributed by atoms with E-state index in [2.05, 4.69) is 20.8 Å². The molecule has 0 unspecified atom stereocenters. The smallest absolute Gasteiger partial charge is 0.247 e. The van der Waals surface area contributed by atoms with E-state index in [1.165, 1.54) is 0 Å². The number of hydrogen-bond acceptors (Lipinski definition) is 4. The molecular weight excluding hydrogens is 214 g/mol. The highest BCUT2D eigenvalue weighted by molar-refractivity contribution is 6.17. The summed E-state index contributed by atoms with van der Waals surface area (Å²) < 4.78 is 1.56. The highest BCUT2D eigenvalue weighted by Gasteiger charge is 2.01. The maximum atomic E-state index is 5.74. The fourth-order valence-corrected chi connectivity index (χ4v) is 1.36. The molecule has 2 aromatic rings. The summed E-state index contributed by atoms with van der Waals surface area (Å²) in [6, 6.07) is 7.79. The van der Waals surface area contributed by atoms with E-state index in [1.54, 1.807) is 11.7 Å². The second kappa shape index (κ2) is 4.27. The molecule has 0 spiro atoms. The second-order valence-corrected chi connectivity index (χ2v) is 3.35. The third-order valence-electron chi connectivity index (χ3n) is 1.96. The average Bonchev–Trinajstić information content (AvgIpc) is 2.65. The van der Waals surface area contributed by atoms with Crippen LogP contribution >= 0.6 is 11.6 Å². The van der Waals surface area contributed by atoms with Crippen LogP contribution < -0.4 is 5.32 Å². The monoisotopic (exact) mass is 223 g/mol. The molecule has 78 valence electrons. The van der Waals surface area contributed by atoms with Crippen LogP contribution in [0.2, 0.25) is 0 Å². The molecular formula is C9H10ClN5. The maximum absolute atomic E-state index is 5.74. The lowest BCUT2D eigenvalue weighted by atomic mass is 10.2. The van der Waals surface area contributed by atoms with E-state index in [1.807, 2.05) is 24.3 Å². The fraction of sp³-hybridized carbons (Fsp3) is 0.222. The minimum Gasteiger partial charge on any atom is -0.323 e. The van der Waals surface area contributed by atoms with Gasteiger partial charge in [0.15, 0.2) is 0 Å². The van der Waals surface area contributed by atoms with Crippen molar-refractivity contribution in [2.75, 3.05) is 5.32 Å². The van der Waals surface area contributed by atoms with Gasteiger partial charge in [0.2, 0.25) is 5.95 Å². The molecule has 1 heterocycles. The molecule has 5 nitrogen and oxygen atoms in total. The van der Waals surface area contributed by atoms with Gasteiger partial charge >= 0.3 is 0 Å². The predicted octanol–water partition coefficient (Wildman–Crippen LogP) is 1.69. The largest absolute Gasteiger partial charge is 0.323 e. The van der Waals surface area contributed by atoms with Crippen LogP contribution in [0.25, 0.3) is 0 Å². The molecule has 0 radical (unpaired) electrons. The van der Waals surface area contributed by atoms with E-state index in [0.29, 0.717) is 11.8 Å². The van der Waals surface area contributed by atoms with Crippen LogP contribution in [0.1, 0.15) is 5.56 Å². The van der Waals surface area contributed by atoms with Gasteiger partial charge in [-0.2, -0.15) is 0 Å². The Morgan fingerprint density at radius 3 is 3.00 bits per heavy atom. The summed E-state index contributed by atoms with van der Waals surface area (Å²) in [6.07, 6.45) is 0. The van der Waals surface area contributed by atoms with Crippen LogP contribution in [0.3, 0.4) is 0 Å². The Morgan fingerprint density at radius 1 is 1.47 bits per heavy atom. The Balaban J connectivity index is 2.21. The van der Waals surface area contributed by atoms with Gasteiger partial charge in [0.1, 0.15) is 0 Å². The van der Waals surface area contributed by atoms with Gasteiger partial charge in [-0.15, -0.1) is 11.6 Å². The Labute approximate surface area is 92.1 Å². The number of benzene rings is 1. The minimum atomic E-state index is 0.493. The molecule has 0 amide bonds. The molecule has 1 aromatic heterocycles. The van der Waals surface area contributed by atoms with Crippen LogP contribution in [0, 0.1) is 0 Å². The van der Waals surface area contributed by atoms with E-state index < -0.39 is 0 Å². The van der Waals surface area contributed by atoms with Crippen LogP contribution in [-0.4, -0.2) is 20.2 Å². The summed E-state index contributed by atoms with van der Waals surface area (Å²) in [5, 5.41) is 14.2. The van der Waals surface area contributed by atoms with Crippen LogP contribution in [-0.2, 0) is 12.9 Å². The zero-order valence-corrected chi connectivity index (χ0v) is 8.94. The van der Waals surface area contributed by atoms with Gasteiger partial charge < -0.3 is 5.32 Å². The van der Waals surface area contributed by atoms with Crippen molar-refractivity contribution in [3.05, 3.63) is 29.8 Å². The SMILES string of the molecule is Cn1nnnc1Nc1cccc(CCl)c1. The number of hydrogen-bond donors (Lipinski definition) is 1. The lowest BCUT2D eigenvalue weighted by molar-refractivity contribution is 0.715. The predicted molar refractivity (Wildman–Crippen MR) is 58.1 cm³/mol. The molecule has 0 aliphatic carbocycles. The molecule has 0 atom stereocenters. The number of halogens is 1. The second-order valence-electron chi connectivity index (χ2n) is 3.09. The molecule has 0 bridgehead atoms. The Morgan fingerprint density at radius 2 is 2.33 bits per heavy atom. The van der Waals surface area contributed by atoms with Crippen LogP contribution in [0.15, 0.2) is 24.3 Å². The summed E-state index contributed by atoms with van der Waals surface area (Å²) >= 11 is 5.74. The molecule has 15 heavy (non-hydrogen) atoms. The third-order valence-corrected chi connectivity index (χ3v) is 2.27. The Bertz CT molecular complexity index is 453. The van der Waals surface area contributed by atoms with Crippen LogP contribution in [0.4, 0.5) is 11.6 Å². The maximum Gasteiger partial charge on any atom is 0.247 e. The topological polar surface area (TPSA) is 55.6 Å². The van der Waals surface area contributed by atoms with Gasteiger partial charge in [-0.1, -0.05) is 17.2 Å². The van der Waals surface area contributed by atoms with Crippen molar-refractivity contribution in [1.82, 2.24) is 20.2 Å². The van der Waals surface area contributed by atoms with Gasteiger partial charge in [-0.25, -0.2) is 4.68 Å². The first-order chi connectivity index (χ1) is 7.29. The van der Waals surface area contributed by atoms with Crippen LogP contribution in [0.5, 0.6) is 0 Å². The number of alkyl halides is 1. The lowest BCUT2D eigenvalue weighted by Gasteiger charge is -2.04. The Kier molecular flexibility index (Phi) is 2.82. The quantitative estimate of drug-likeness (QED) is 0.805. The average molecular weight is 224 g/mol. The number of anilines is 2. The number of nitrogens with one attached hydrogen (secondary N) is 1. The van der Waals surface area contributed by atoms with Gasteiger partial charge in [-0.3, -0.25) is 0 Å². The first-order valence-electron chi connectivity index (χ1n) is 4.44. The molecule has 0 aliphatic heterocycles. The number of nitrogens with zero attached hydrogens (tertiary/aromatic N) is 4. The summed E-state index contributed by atoms with van der Waals surface area (Å²) in [4.78, 5) is 0. The number of tetrazole rings is 1. The van der Waals surface area contributed by atoms with Crippen molar-refractivity contribution in [2.24, 2.45) is 7.05 Å². The molecule has 0 fully saturated rings. The summed E-state index contributed by atoms with van der Waals surface area (Å²) in [5.74, 6) is 1.09. The van der Waals surface area contributed by atoms with Gasteiger partial charge in [-0.05, 0) is 28.1 Å². The zero-order chi connectivity index (χ0) is 10.7. The normalized spacial score (nSPS) is 10.3. The number of aromatic nitrogens is 4. The number of rotatable bonds is 3. The Hall–Kier alpha value is -1.62. The number of aryl methyl sites for hydroxylation is 1. The van der Waals surface area contributed by atoms with Crippen molar-refractivity contribution in [3.63, 3.8) is 0 Å². The fourth-order valence-electron chi connectivity index (χ4n) is 1.20. The molecule has 1 aromatic carbocycles. The highest BCUT2D eigenvalue weighted by Crippen LogP contribution is 2.15. The summed E-state index contributed by atoms with van der Waals surface area (Å²) in [5.41, 5.74) is 1.97. The van der Waals surface area contributed by atoms with E-state index in [4.69, 9.17) is 11.6 Å². The van der Waals surface area contributed by atoms with Gasteiger partial charge in [0.05, 0.1) is 0 Å². The molecule has 2 rings (SSSR count). The zero-order valence-electron chi connectivity index (χ0n) is 8.18. The van der Waals surface area contributed by atoms with Crippen molar-refractivity contribution >= 4 is 23.2 Å². The van der Waals surface area contributed by atoms with Gasteiger partial charge in [0, 0.05) is 18.6 Å². The van der Waals surface area contributed by atoms with Crippen molar-refractivity contribution in [2.45, 2.75) is 5.88 Å². The standard InChI is InChI=1S/C9H10ClN5/c1-15-9(12-13-14-15)11-8-4-2-3-7(5-8)6-10/h2-5H,6H2,1H3,(H,11,12,14). The van der Waals surface area contributed by atoms with Crippen molar-refractivity contribution in [3.8, 4) is 0 Å². The third kappa shape index (κ3) is 2.24. The summed E-state index contributed by atoms with van der Waals surface area (Å²) in [7, 11) is 1.77. The molecule has 1 N–H and O–H groups in total. The van der Waals surface area contributed by atoms with Crippen molar-refractivity contribution < 1.29 is 0 Å². The molecule has 0 aliphatic rings. The van der Waals surface area contributed by atoms with E-state index in [0.717, 1.165) is 11.3 Å². The first kappa shape index (κ1) is 9.92. The lowest BCUT2D eigenvalue weighted by Crippen LogP contribution is -2.00. The molecule has 6 heteroatoms. The molecule has 0 saturated heterocycles. The van der Waals surface area contributed by atoms with Crippen molar-refractivity contribution in [1.29, 1.82) is 0 Å². The minimum absolute atomic E-state index is 0.493. The van der Waals surface area contributed by atoms with Gasteiger partial charge in [0.25, 0.3) is 0 Å². The van der Waals surface area contributed by atoms with E-state index in [-0.39, 0.29) is 0 Å². The van der Waals surface area contributed by atoms with E-state index >= 15 is 0 Å². The molecule has 0 saturated carbocycles. The van der Waals surface area contributed by atoms with E-state index in [9.17, 15) is 0 Å². The summed E-state index contributed by atoms with van der Waals surface area (Å²) in [6.45, 7) is 0. The highest BCUT2D eigenvalue weighted by atomic mass is 35.5.